The summed E-state index contributed by atoms with van der Waals surface area (Å²) in [5.74, 6) is 0.663. The van der Waals surface area contributed by atoms with Gasteiger partial charge >= 0.3 is 6.03 Å². The normalized spacial score (nSPS) is 10.5. The number of hydrogen-bond donors (Lipinski definition) is 2. The van der Waals surface area contributed by atoms with Crippen LogP contribution in [0.15, 0.2) is 59.4 Å². The van der Waals surface area contributed by atoms with Crippen LogP contribution in [0.25, 0.3) is 5.69 Å². The maximum Gasteiger partial charge on any atom is 0.319 e. The molecule has 146 valence electrons. The van der Waals surface area contributed by atoms with Crippen LogP contribution in [0.1, 0.15) is 5.69 Å². The Morgan fingerprint density at radius 2 is 1.79 bits per heavy atom. The Bertz CT molecular complexity index is 1010. The van der Waals surface area contributed by atoms with Crippen LogP contribution in [0, 0.1) is 6.92 Å². The van der Waals surface area contributed by atoms with Gasteiger partial charge in [-0.1, -0.05) is 29.8 Å². The molecule has 0 fully saturated rings. The Kier molecular flexibility index (Phi) is 6.06. The van der Waals surface area contributed by atoms with Crippen molar-refractivity contribution in [3.05, 3.63) is 75.7 Å². The van der Waals surface area contributed by atoms with E-state index in [9.17, 15) is 9.59 Å². The molecule has 1 heterocycles. The van der Waals surface area contributed by atoms with Gasteiger partial charge in [-0.25, -0.2) is 9.48 Å². The smallest absolute Gasteiger partial charge is 0.319 e. The van der Waals surface area contributed by atoms with Crippen LogP contribution >= 0.6 is 11.6 Å². The number of para-hydroxylation sites is 1. The third kappa shape index (κ3) is 4.37. The number of anilines is 1. The standard InChI is InChI=1S/C20H21ClN4O3/c1-14-18(19(26)25(24(14)2)16-6-4-3-5-7-16)23-20(27)22-12-13-28-17-10-8-15(21)9-11-17/h3-11H,12-13H2,1-2H3,(H2,22,23,27). The molecule has 3 aromatic rings. The van der Waals surface area contributed by atoms with Crippen molar-refractivity contribution in [1.82, 2.24) is 14.7 Å². The van der Waals surface area contributed by atoms with Gasteiger partial charge in [0.1, 0.15) is 18.0 Å². The molecule has 0 saturated heterocycles. The molecule has 2 amide bonds. The lowest BCUT2D eigenvalue weighted by Gasteiger charge is -2.08. The molecule has 0 unspecified atom stereocenters. The van der Waals surface area contributed by atoms with Gasteiger partial charge in [-0.15, -0.1) is 0 Å². The van der Waals surface area contributed by atoms with Gasteiger partial charge in [0, 0.05) is 12.1 Å². The number of aromatic nitrogens is 2. The van der Waals surface area contributed by atoms with Crippen molar-refractivity contribution >= 4 is 23.3 Å². The highest BCUT2D eigenvalue weighted by Crippen LogP contribution is 2.15. The summed E-state index contributed by atoms with van der Waals surface area (Å²) < 4.78 is 8.73. The fraction of sp³-hybridized carbons (Fsp3) is 0.200. The molecule has 0 aliphatic rings. The average molecular weight is 401 g/mol. The quantitative estimate of drug-likeness (QED) is 0.623. The van der Waals surface area contributed by atoms with Crippen LogP contribution in [0.2, 0.25) is 5.02 Å². The molecule has 7 nitrogen and oxygen atoms in total. The van der Waals surface area contributed by atoms with Crippen molar-refractivity contribution in [3.63, 3.8) is 0 Å². The van der Waals surface area contributed by atoms with Crippen molar-refractivity contribution in [1.29, 1.82) is 0 Å². The minimum Gasteiger partial charge on any atom is -0.492 e. The van der Waals surface area contributed by atoms with Crippen LogP contribution < -0.4 is 20.9 Å². The Morgan fingerprint density at radius 3 is 2.46 bits per heavy atom. The first-order chi connectivity index (χ1) is 13.5. The maximum atomic E-state index is 12.8. The predicted molar refractivity (Wildman–Crippen MR) is 110 cm³/mol. The minimum atomic E-state index is -0.467. The zero-order chi connectivity index (χ0) is 20.1. The van der Waals surface area contributed by atoms with E-state index in [1.165, 1.54) is 4.68 Å². The number of nitrogens with one attached hydrogen (secondary N) is 2. The molecule has 0 spiro atoms. The molecule has 2 aromatic carbocycles. The SMILES string of the molecule is Cc1c(NC(=O)NCCOc2ccc(Cl)cc2)c(=O)n(-c2ccccc2)n1C. The molecule has 1 aromatic heterocycles. The molecule has 28 heavy (non-hydrogen) atoms. The van der Waals surface area contributed by atoms with Crippen molar-refractivity contribution in [2.75, 3.05) is 18.5 Å². The second kappa shape index (κ2) is 8.67. The van der Waals surface area contributed by atoms with E-state index < -0.39 is 6.03 Å². The van der Waals surface area contributed by atoms with Crippen LogP contribution in [0.4, 0.5) is 10.5 Å². The van der Waals surface area contributed by atoms with Gasteiger partial charge in [-0.05, 0) is 43.3 Å². The van der Waals surface area contributed by atoms with E-state index in [-0.39, 0.29) is 24.4 Å². The molecule has 2 N–H and O–H groups in total. The van der Waals surface area contributed by atoms with Gasteiger partial charge in [0.25, 0.3) is 5.56 Å². The molecule has 8 heteroatoms. The predicted octanol–water partition coefficient (Wildman–Crippen LogP) is 3.34. The Labute approximate surface area is 167 Å². The number of nitrogens with zero attached hydrogens (tertiary/aromatic N) is 2. The Morgan fingerprint density at radius 1 is 1.11 bits per heavy atom. The molecule has 0 atom stereocenters. The number of benzene rings is 2. The fourth-order valence-electron chi connectivity index (χ4n) is 2.73. The zero-order valence-electron chi connectivity index (χ0n) is 15.6. The molecule has 3 rings (SSSR count). The zero-order valence-corrected chi connectivity index (χ0v) is 16.4. The Hall–Kier alpha value is -3.19. The third-order valence-electron chi connectivity index (χ3n) is 4.26. The summed E-state index contributed by atoms with van der Waals surface area (Å²) in [6.07, 6.45) is 0. The largest absolute Gasteiger partial charge is 0.492 e. The minimum absolute atomic E-state index is 0.238. The second-order valence-electron chi connectivity index (χ2n) is 6.12. The Balaban J connectivity index is 1.60. The van der Waals surface area contributed by atoms with Crippen molar-refractivity contribution in [2.45, 2.75) is 6.92 Å². The number of urea groups is 1. The van der Waals surface area contributed by atoms with Gasteiger partial charge in [0.05, 0.1) is 17.9 Å². The summed E-state index contributed by atoms with van der Waals surface area (Å²) in [7, 11) is 1.77. The van der Waals surface area contributed by atoms with Crippen molar-refractivity contribution in [2.24, 2.45) is 7.05 Å². The first-order valence-corrected chi connectivity index (χ1v) is 9.12. The molecular formula is C20H21ClN4O3. The fourth-order valence-corrected chi connectivity index (χ4v) is 2.86. The average Bonchev–Trinajstić information content (AvgIpc) is 2.90. The number of halogens is 1. The lowest BCUT2D eigenvalue weighted by atomic mass is 10.3. The van der Waals surface area contributed by atoms with Gasteiger partial charge in [-0.2, -0.15) is 0 Å². The summed E-state index contributed by atoms with van der Waals surface area (Å²) in [5.41, 5.74) is 1.32. The van der Waals surface area contributed by atoms with Crippen LogP contribution in [-0.2, 0) is 7.05 Å². The highest BCUT2D eigenvalue weighted by atomic mass is 35.5. The molecule has 0 radical (unpaired) electrons. The van der Waals surface area contributed by atoms with Gasteiger partial charge in [-0.3, -0.25) is 9.48 Å². The van der Waals surface area contributed by atoms with Crippen LogP contribution in [-0.4, -0.2) is 28.5 Å². The maximum absolute atomic E-state index is 12.8. The monoisotopic (exact) mass is 400 g/mol. The third-order valence-corrected chi connectivity index (χ3v) is 4.51. The van der Waals surface area contributed by atoms with Crippen molar-refractivity contribution in [3.8, 4) is 11.4 Å². The second-order valence-corrected chi connectivity index (χ2v) is 6.56. The van der Waals surface area contributed by atoms with Gasteiger partial charge in [0.15, 0.2) is 0 Å². The van der Waals surface area contributed by atoms with E-state index in [0.29, 0.717) is 16.5 Å². The van der Waals surface area contributed by atoms with Gasteiger partial charge < -0.3 is 15.4 Å². The number of rotatable bonds is 6. The molecule has 0 aliphatic carbocycles. The van der Waals surface area contributed by atoms with E-state index in [4.69, 9.17) is 16.3 Å². The summed E-state index contributed by atoms with van der Waals surface area (Å²) in [5, 5.41) is 5.94. The summed E-state index contributed by atoms with van der Waals surface area (Å²) in [6, 6.07) is 15.7. The number of hydrogen-bond acceptors (Lipinski definition) is 3. The van der Waals surface area contributed by atoms with E-state index in [1.807, 2.05) is 30.3 Å². The first-order valence-electron chi connectivity index (χ1n) is 8.74. The lowest BCUT2D eigenvalue weighted by Crippen LogP contribution is -2.34. The summed E-state index contributed by atoms with van der Waals surface area (Å²) in [4.78, 5) is 24.9. The van der Waals surface area contributed by atoms with Crippen LogP contribution in [0.5, 0.6) is 5.75 Å². The van der Waals surface area contributed by atoms with Crippen molar-refractivity contribution < 1.29 is 9.53 Å². The van der Waals surface area contributed by atoms with Crippen LogP contribution in [0.3, 0.4) is 0 Å². The molecule has 0 bridgehead atoms. The first kappa shape index (κ1) is 19.6. The summed E-state index contributed by atoms with van der Waals surface area (Å²) >= 11 is 5.82. The number of amides is 2. The molecule has 0 aliphatic heterocycles. The lowest BCUT2D eigenvalue weighted by molar-refractivity contribution is 0.247. The van der Waals surface area contributed by atoms with E-state index in [2.05, 4.69) is 10.6 Å². The van der Waals surface area contributed by atoms with E-state index >= 15 is 0 Å². The molecule has 0 saturated carbocycles. The number of carbonyl (C=O) groups excluding carboxylic acids is 1. The highest BCUT2D eigenvalue weighted by molar-refractivity contribution is 6.30. The number of carbonyl (C=O) groups is 1. The number of ether oxygens (including phenoxy) is 1. The highest BCUT2D eigenvalue weighted by Gasteiger charge is 2.17. The van der Waals surface area contributed by atoms with E-state index in [0.717, 1.165) is 5.69 Å². The van der Waals surface area contributed by atoms with Gasteiger partial charge in [0.2, 0.25) is 0 Å². The summed E-state index contributed by atoms with van der Waals surface area (Å²) in [6.45, 7) is 2.35. The van der Waals surface area contributed by atoms with E-state index in [1.54, 1.807) is 42.9 Å². The molecular weight excluding hydrogens is 380 g/mol. The topological polar surface area (TPSA) is 77.3 Å².